The molecule has 0 bridgehead atoms. The summed E-state index contributed by atoms with van der Waals surface area (Å²) in [7, 11) is 0. The molecular formula is C29H33NO4S. The Kier molecular flexibility index (Phi) is 7.60. The lowest BCUT2D eigenvalue weighted by Crippen LogP contribution is -2.31. The molecule has 0 radical (unpaired) electrons. The lowest BCUT2D eigenvalue weighted by molar-refractivity contribution is -0.119. The fourth-order valence-electron chi connectivity index (χ4n) is 4.62. The van der Waals surface area contributed by atoms with Gasteiger partial charge < -0.3 is 14.7 Å². The molecule has 1 fully saturated rings. The van der Waals surface area contributed by atoms with Crippen LogP contribution < -0.4 is 9.64 Å². The van der Waals surface area contributed by atoms with E-state index >= 15 is 0 Å². The quantitative estimate of drug-likeness (QED) is 0.341. The van der Waals surface area contributed by atoms with Crippen molar-refractivity contribution in [1.82, 2.24) is 0 Å². The number of ether oxygens (including phenoxy) is 1. The van der Waals surface area contributed by atoms with Crippen molar-refractivity contribution >= 4 is 29.1 Å². The number of amides is 1. The smallest absolute Gasteiger partial charge is 0.449 e. The molecule has 5 nitrogen and oxygen atoms in total. The highest BCUT2D eigenvalue weighted by atomic mass is 32.1. The topological polar surface area (TPSA) is 66.8 Å². The van der Waals surface area contributed by atoms with Crippen molar-refractivity contribution in [3.05, 3.63) is 71.8 Å². The van der Waals surface area contributed by atoms with E-state index in [9.17, 15) is 14.7 Å². The van der Waals surface area contributed by atoms with Crippen LogP contribution in [0.1, 0.15) is 64.0 Å². The van der Waals surface area contributed by atoms with Crippen LogP contribution in [0.5, 0.6) is 5.06 Å². The summed E-state index contributed by atoms with van der Waals surface area (Å²) in [5, 5.41) is 9.62. The summed E-state index contributed by atoms with van der Waals surface area (Å²) in [4.78, 5) is 27.7. The number of anilines is 1. The van der Waals surface area contributed by atoms with Gasteiger partial charge in [-0.25, -0.2) is 4.79 Å². The Morgan fingerprint density at radius 1 is 1.03 bits per heavy atom. The summed E-state index contributed by atoms with van der Waals surface area (Å²) in [6.45, 7) is 6.87. The van der Waals surface area contributed by atoms with Crippen molar-refractivity contribution < 1.29 is 19.4 Å². The maximum Gasteiger partial charge on any atom is 0.512 e. The number of thiophene rings is 1. The zero-order valence-electron chi connectivity index (χ0n) is 20.6. The average molecular weight is 492 g/mol. The first kappa shape index (κ1) is 25.0. The van der Waals surface area contributed by atoms with Gasteiger partial charge in [-0.2, -0.15) is 0 Å². The molecular weight excluding hydrogens is 458 g/mol. The number of carboxylic acid groups (broad SMARTS) is 1. The Morgan fingerprint density at radius 2 is 1.69 bits per heavy atom. The summed E-state index contributed by atoms with van der Waals surface area (Å²) >= 11 is 1.25. The summed E-state index contributed by atoms with van der Waals surface area (Å²) < 4.78 is 5.19. The van der Waals surface area contributed by atoms with E-state index in [0.717, 1.165) is 41.7 Å². The largest absolute Gasteiger partial charge is 0.512 e. The number of benzene rings is 2. The molecule has 0 spiro atoms. The Balaban J connectivity index is 1.71. The molecule has 0 unspecified atom stereocenters. The standard InChI is InChI=1S/C29H33NO4S/c1-29(2,3)23-15-13-21(14-16-23)19-30(26(31)17-20-9-7-8-10-20)24-18-25(22-11-5-4-6-12-22)35-27(24)34-28(32)33/h4-6,11-16,18,20H,7-10,17,19H2,1-3H3,(H,32,33). The van der Waals surface area contributed by atoms with Crippen molar-refractivity contribution in [2.75, 3.05) is 4.90 Å². The number of hydrogen-bond donors (Lipinski definition) is 1. The molecule has 4 rings (SSSR count). The predicted molar refractivity (Wildman–Crippen MR) is 141 cm³/mol. The van der Waals surface area contributed by atoms with Crippen LogP contribution in [0.3, 0.4) is 0 Å². The zero-order valence-corrected chi connectivity index (χ0v) is 21.4. The monoisotopic (exact) mass is 491 g/mol. The van der Waals surface area contributed by atoms with Crippen LogP contribution in [0, 0.1) is 5.92 Å². The first-order valence-corrected chi connectivity index (χ1v) is 13.0. The number of carbonyl (C=O) groups excluding carboxylic acids is 1. The summed E-state index contributed by atoms with van der Waals surface area (Å²) in [5.74, 6) is 0.383. The van der Waals surface area contributed by atoms with E-state index in [1.165, 1.54) is 16.9 Å². The first-order valence-electron chi connectivity index (χ1n) is 12.2. The van der Waals surface area contributed by atoms with E-state index in [0.29, 0.717) is 24.6 Å². The van der Waals surface area contributed by atoms with Crippen LogP contribution in [0.15, 0.2) is 60.7 Å². The minimum Gasteiger partial charge on any atom is -0.449 e. The zero-order chi connectivity index (χ0) is 25.0. The van der Waals surface area contributed by atoms with Gasteiger partial charge >= 0.3 is 6.16 Å². The average Bonchev–Trinajstić information content (AvgIpc) is 3.47. The van der Waals surface area contributed by atoms with Crippen molar-refractivity contribution in [2.24, 2.45) is 5.92 Å². The Bertz CT molecular complexity index is 1160. The van der Waals surface area contributed by atoms with Crippen LogP contribution in [-0.2, 0) is 16.8 Å². The molecule has 1 heterocycles. The van der Waals surface area contributed by atoms with Crippen molar-refractivity contribution in [3.8, 4) is 15.5 Å². The van der Waals surface area contributed by atoms with Crippen LogP contribution >= 0.6 is 11.3 Å². The van der Waals surface area contributed by atoms with E-state index in [4.69, 9.17) is 4.74 Å². The van der Waals surface area contributed by atoms with E-state index in [1.54, 1.807) is 4.90 Å². The van der Waals surface area contributed by atoms with Gasteiger partial charge in [-0.15, -0.1) is 0 Å². The summed E-state index contributed by atoms with van der Waals surface area (Å²) in [6.07, 6.45) is 3.54. The van der Waals surface area contributed by atoms with Gasteiger partial charge in [0, 0.05) is 11.3 Å². The van der Waals surface area contributed by atoms with E-state index in [1.807, 2.05) is 36.4 Å². The number of hydrogen-bond acceptors (Lipinski definition) is 4. The third kappa shape index (κ3) is 6.31. The second kappa shape index (κ2) is 10.6. The van der Waals surface area contributed by atoms with Gasteiger partial charge in [-0.1, -0.05) is 99.5 Å². The molecule has 184 valence electrons. The van der Waals surface area contributed by atoms with Gasteiger partial charge in [0.2, 0.25) is 11.0 Å². The van der Waals surface area contributed by atoms with Gasteiger partial charge in [0.25, 0.3) is 0 Å². The van der Waals surface area contributed by atoms with E-state index < -0.39 is 6.16 Å². The molecule has 1 amide bonds. The molecule has 0 atom stereocenters. The minimum atomic E-state index is -1.38. The van der Waals surface area contributed by atoms with Crippen LogP contribution in [0.4, 0.5) is 10.5 Å². The molecule has 1 aromatic heterocycles. The third-order valence-corrected chi connectivity index (χ3v) is 7.66. The SMILES string of the molecule is CC(C)(C)c1ccc(CN(C(=O)CC2CCCC2)c2cc(-c3ccccc3)sc2OC(=O)O)cc1. The molecule has 1 aliphatic carbocycles. The second-order valence-electron chi connectivity index (χ2n) is 10.3. The maximum absolute atomic E-state index is 13.6. The minimum absolute atomic E-state index is 0.00412. The fraction of sp³-hybridized carbons (Fsp3) is 0.379. The molecule has 1 aliphatic rings. The van der Waals surface area contributed by atoms with Crippen LogP contribution in [-0.4, -0.2) is 17.2 Å². The summed E-state index contributed by atoms with van der Waals surface area (Å²) in [6, 6.07) is 19.9. The van der Waals surface area contributed by atoms with Crippen molar-refractivity contribution in [3.63, 3.8) is 0 Å². The Hall–Kier alpha value is -3.12. The van der Waals surface area contributed by atoms with E-state index in [-0.39, 0.29) is 16.4 Å². The van der Waals surface area contributed by atoms with Gasteiger partial charge in [-0.3, -0.25) is 4.79 Å². The number of nitrogens with zero attached hydrogens (tertiary/aromatic N) is 1. The van der Waals surface area contributed by atoms with Gasteiger partial charge in [0.15, 0.2) is 0 Å². The van der Waals surface area contributed by atoms with Crippen molar-refractivity contribution in [2.45, 2.75) is 64.8 Å². The number of rotatable bonds is 7. The number of carbonyl (C=O) groups is 2. The van der Waals surface area contributed by atoms with Crippen LogP contribution in [0.2, 0.25) is 0 Å². The molecule has 1 N–H and O–H groups in total. The Morgan fingerprint density at radius 3 is 2.29 bits per heavy atom. The lowest BCUT2D eigenvalue weighted by Gasteiger charge is -2.25. The Labute approximate surface area is 211 Å². The second-order valence-corrected chi connectivity index (χ2v) is 11.3. The predicted octanol–water partition coefficient (Wildman–Crippen LogP) is 7.88. The highest BCUT2D eigenvalue weighted by Crippen LogP contribution is 2.44. The maximum atomic E-state index is 13.6. The molecule has 2 aromatic carbocycles. The molecule has 1 saturated carbocycles. The molecule has 0 saturated heterocycles. The van der Waals surface area contributed by atoms with Gasteiger partial charge in [0.1, 0.15) is 0 Å². The van der Waals surface area contributed by atoms with Crippen LogP contribution in [0.25, 0.3) is 10.4 Å². The van der Waals surface area contributed by atoms with Crippen molar-refractivity contribution in [1.29, 1.82) is 0 Å². The third-order valence-electron chi connectivity index (χ3n) is 6.61. The highest BCUT2D eigenvalue weighted by Gasteiger charge is 2.28. The highest BCUT2D eigenvalue weighted by molar-refractivity contribution is 7.18. The molecule has 3 aromatic rings. The van der Waals surface area contributed by atoms with E-state index in [2.05, 4.69) is 45.0 Å². The van der Waals surface area contributed by atoms with Gasteiger partial charge in [0.05, 0.1) is 12.2 Å². The van der Waals surface area contributed by atoms with Gasteiger partial charge in [-0.05, 0) is 46.9 Å². The first-order chi connectivity index (χ1) is 16.7. The summed E-state index contributed by atoms with van der Waals surface area (Å²) in [5.41, 5.74) is 3.72. The lowest BCUT2D eigenvalue weighted by atomic mass is 9.87. The molecule has 6 heteroatoms. The fourth-order valence-corrected chi connectivity index (χ4v) is 5.63. The normalized spacial score (nSPS) is 14.1. The molecule has 0 aliphatic heterocycles. The molecule has 35 heavy (non-hydrogen) atoms.